The predicted molar refractivity (Wildman–Crippen MR) is 258 cm³/mol. The van der Waals surface area contributed by atoms with Gasteiger partial charge in [0.25, 0.3) is 22.9 Å². The Labute approximate surface area is 394 Å². The van der Waals surface area contributed by atoms with E-state index in [1.165, 1.54) is 49.4 Å². The summed E-state index contributed by atoms with van der Waals surface area (Å²) in [4.78, 5) is 71.6. The number of fused-ring (bicyclic) bond motifs is 2. The highest BCUT2D eigenvalue weighted by molar-refractivity contribution is 7.88. The highest BCUT2D eigenvalue weighted by Crippen LogP contribution is 2.32. The second-order valence-electron chi connectivity index (χ2n) is 18.2. The third-order valence-electron chi connectivity index (χ3n) is 12.7. The Hall–Kier alpha value is -4.75. The van der Waals surface area contributed by atoms with E-state index in [0.29, 0.717) is 67.0 Å². The summed E-state index contributed by atoms with van der Waals surface area (Å²) in [6, 6.07) is 3.39. The summed E-state index contributed by atoms with van der Waals surface area (Å²) in [6.07, 6.45) is 17.7. The minimum atomic E-state index is -3.18. The second kappa shape index (κ2) is 21.7. The Bertz CT molecular complexity index is 2830. The molecule has 21 nitrogen and oxygen atoms in total. The molecule has 2 aliphatic carbocycles. The van der Waals surface area contributed by atoms with Crippen molar-refractivity contribution in [1.29, 1.82) is 0 Å². The van der Waals surface area contributed by atoms with Crippen molar-refractivity contribution >= 4 is 70.7 Å². The number of aromatic nitrogens is 6. The Morgan fingerprint density at radius 1 is 0.672 bits per heavy atom. The largest absolute Gasteiger partial charge is 0.351 e. The third-order valence-corrected chi connectivity index (χ3v) is 16.0. The van der Waals surface area contributed by atoms with Crippen molar-refractivity contribution in [1.82, 2.24) is 47.5 Å². The molecule has 67 heavy (non-hydrogen) atoms. The van der Waals surface area contributed by atoms with Crippen LogP contribution < -0.4 is 22.2 Å². The molecule has 2 saturated heterocycles. The normalized spacial score (nSPS) is 18.8. The maximum Gasteiger partial charge on any atom is 0.265 e. The van der Waals surface area contributed by atoms with Crippen molar-refractivity contribution < 1.29 is 30.6 Å². The number of carbonyl (C=O) groups is 2. The number of amides is 2. The molecule has 2 amide bonds. The van der Waals surface area contributed by atoms with Crippen LogP contribution in [0.25, 0.3) is 22.1 Å². The number of hydrogen-bond acceptors (Lipinski definition) is 15. The van der Waals surface area contributed by atoms with Crippen molar-refractivity contribution in [2.24, 2.45) is 5.73 Å². The molecule has 368 valence electrons. The lowest BCUT2D eigenvalue weighted by molar-refractivity contribution is 0.0818. The molecule has 6 heterocycles. The van der Waals surface area contributed by atoms with Crippen molar-refractivity contribution in [3.8, 4) is 0 Å². The SMILES string of the molecule is CN(C)C(=O)c1cc2cnc(NC3CCN(S(C)(=O)=O)CC3)nc2n(C2CCCC2)c1=O.CN(C)C(=O)c1cc2cnc(S(C)=O)nc2n(C2CCCC2)c1=O.CS(=O)(=O)N1CCC(N)CC1. The first kappa shape index (κ1) is 51.6. The van der Waals surface area contributed by atoms with Crippen LogP contribution in [-0.2, 0) is 30.8 Å². The average Bonchev–Trinajstić information content (AvgIpc) is 4.01. The molecule has 4 aromatic heterocycles. The average molecular weight is 989 g/mol. The van der Waals surface area contributed by atoms with Crippen molar-refractivity contribution in [3.05, 3.63) is 56.4 Å². The summed E-state index contributed by atoms with van der Waals surface area (Å²) in [6.45, 7) is 2.07. The maximum atomic E-state index is 13.3. The molecule has 4 aromatic rings. The topological polar surface area (TPSA) is 266 Å². The third kappa shape index (κ3) is 12.5. The maximum absolute atomic E-state index is 13.3. The molecule has 4 fully saturated rings. The molecule has 2 saturated carbocycles. The summed E-state index contributed by atoms with van der Waals surface area (Å²) in [5.41, 5.74) is 6.22. The van der Waals surface area contributed by atoms with Gasteiger partial charge in [0, 0.05) is 108 Å². The van der Waals surface area contributed by atoms with Crippen LogP contribution in [0.2, 0.25) is 0 Å². The summed E-state index contributed by atoms with van der Waals surface area (Å²) >= 11 is 0. The summed E-state index contributed by atoms with van der Waals surface area (Å²) in [5, 5.41) is 4.76. The molecule has 0 spiro atoms. The molecule has 2 aliphatic heterocycles. The van der Waals surface area contributed by atoms with E-state index in [9.17, 15) is 40.2 Å². The molecule has 8 rings (SSSR count). The van der Waals surface area contributed by atoms with E-state index >= 15 is 0 Å². The van der Waals surface area contributed by atoms with Gasteiger partial charge in [-0.3, -0.25) is 32.5 Å². The van der Waals surface area contributed by atoms with E-state index in [1.54, 1.807) is 49.6 Å². The van der Waals surface area contributed by atoms with E-state index in [4.69, 9.17) is 5.73 Å². The van der Waals surface area contributed by atoms with Crippen molar-refractivity contribution in [2.75, 3.05) is 78.5 Å². The number of carbonyl (C=O) groups excluding carboxylic acids is 2. The molecule has 0 aromatic carbocycles. The smallest absolute Gasteiger partial charge is 0.265 e. The minimum Gasteiger partial charge on any atom is -0.351 e. The van der Waals surface area contributed by atoms with Gasteiger partial charge in [0.1, 0.15) is 22.4 Å². The Kier molecular flexibility index (Phi) is 16.7. The standard InChI is InChI=1S/C21H30N6O4S.C16H20N4O3S.C6H14N2O2S/c1-25(2)19(28)17-12-14-13-22-21(23-15-8-10-26(11-9-15)32(3,30)31)24-18(14)27(20(17)29)16-6-4-5-7-16;1-19(2)14(21)12-8-10-9-17-16(24(3)23)18-13(10)20(15(12)22)11-6-4-5-7-11;1-11(9,10)8-4-2-6(7)3-5-8/h12-13,15-16H,4-11H2,1-3H3,(H,22,23,24);8-9,11H,4-7H2,1-3H3;6H,2-5,7H2,1H3. The monoisotopic (exact) mass is 988 g/mol. The fourth-order valence-corrected chi connectivity index (χ4v) is 11.1. The van der Waals surface area contributed by atoms with E-state index in [-0.39, 0.29) is 63.4 Å². The molecule has 3 N–H and O–H groups in total. The highest BCUT2D eigenvalue weighted by atomic mass is 32.2. The number of sulfonamides is 2. The number of hydrogen-bond donors (Lipinski definition) is 2. The first-order valence-corrected chi connectivity index (χ1v) is 27.8. The van der Waals surface area contributed by atoms with E-state index in [1.807, 2.05) is 0 Å². The van der Waals surface area contributed by atoms with Gasteiger partial charge in [-0.1, -0.05) is 25.7 Å². The Balaban J connectivity index is 0.000000185. The Morgan fingerprint density at radius 2 is 1.07 bits per heavy atom. The quantitative estimate of drug-likeness (QED) is 0.228. The number of rotatable bonds is 9. The van der Waals surface area contributed by atoms with Gasteiger partial charge in [0.15, 0.2) is 0 Å². The van der Waals surface area contributed by atoms with Gasteiger partial charge < -0.3 is 20.9 Å². The molecule has 24 heteroatoms. The molecule has 0 radical (unpaired) electrons. The highest BCUT2D eigenvalue weighted by Gasteiger charge is 2.29. The molecular weight excluding hydrogens is 925 g/mol. The van der Waals surface area contributed by atoms with Crippen molar-refractivity contribution in [2.45, 2.75) is 106 Å². The molecule has 0 bridgehead atoms. The zero-order valence-electron chi connectivity index (χ0n) is 39.4. The summed E-state index contributed by atoms with van der Waals surface area (Å²) in [7, 11) is -0.998. The van der Waals surface area contributed by atoms with E-state index in [2.05, 4.69) is 25.3 Å². The molecule has 4 aliphatic rings. The lowest BCUT2D eigenvalue weighted by atomic mass is 10.1. The Morgan fingerprint density at radius 3 is 1.48 bits per heavy atom. The fourth-order valence-electron chi connectivity index (χ4n) is 8.95. The zero-order valence-corrected chi connectivity index (χ0v) is 41.8. The second-order valence-corrected chi connectivity index (χ2v) is 23.4. The van der Waals surface area contributed by atoms with Crippen LogP contribution in [0.1, 0.15) is 110 Å². The van der Waals surface area contributed by atoms with Crippen LogP contribution in [0, 0.1) is 0 Å². The van der Waals surface area contributed by atoms with Gasteiger partial charge >= 0.3 is 0 Å². The summed E-state index contributed by atoms with van der Waals surface area (Å²) < 4.78 is 63.4. The first-order chi connectivity index (χ1) is 31.5. The number of nitrogens with zero attached hydrogens (tertiary/aromatic N) is 10. The number of pyridine rings is 2. The van der Waals surface area contributed by atoms with Crippen LogP contribution in [0.5, 0.6) is 0 Å². The minimum absolute atomic E-state index is 0.0145. The molecule has 1 atom stereocenters. The number of piperidine rings is 2. The van der Waals surface area contributed by atoms with E-state index in [0.717, 1.165) is 64.2 Å². The van der Waals surface area contributed by atoms with Crippen LogP contribution in [0.4, 0.5) is 5.95 Å². The van der Waals surface area contributed by atoms with Crippen LogP contribution >= 0.6 is 0 Å². The van der Waals surface area contributed by atoms with Gasteiger partial charge in [-0.25, -0.2) is 40.4 Å². The lowest BCUT2D eigenvalue weighted by Gasteiger charge is -2.30. The van der Waals surface area contributed by atoms with Crippen LogP contribution in [0.3, 0.4) is 0 Å². The molecule has 1 unspecified atom stereocenters. The zero-order chi connectivity index (χ0) is 49.0. The van der Waals surface area contributed by atoms with Gasteiger partial charge in [-0.2, -0.15) is 4.98 Å². The predicted octanol–water partition coefficient (Wildman–Crippen LogP) is 2.16. The summed E-state index contributed by atoms with van der Waals surface area (Å²) in [5.74, 6) is -0.256. The fraction of sp³-hybridized carbons (Fsp3) is 0.628. The van der Waals surface area contributed by atoms with Gasteiger partial charge in [-0.05, 0) is 63.5 Å². The number of nitrogens with one attached hydrogen (secondary N) is 1. The van der Waals surface area contributed by atoms with Crippen molar-refractivity contribution in [3.63, 3.8) is 0 Å². The number of anilines is 1. The van der Waals surface area contributed by atoms with Gasteiger partial charge in [0.05, 0.1) is 23.3 Å². The number of nitrogens with two attached hydrogens (primary N) is 1. The van der Waals surface area contributed by atoms with Crippen LogP contribution in [-0.4, -0.2) is 166 Å². The van der Waals surface area contributed by atoms with Gasteiger partial charge in [0.2, 0.25) is 31.2 Å². The van der Waals surface area contributed by atoms with Crippen LogP contribution in [0.15, 0.2) is 39.3 Å². The van der Waals surface area contributed by atoms with E-state index < -0.39 is 30.8 Å². The lowest BCUT2D eigenvalue weighted by Crippen LogP contribution is -2.42. The van der Waals surface area contributed by atoms with Gasteiger partial charge in [-0.15, -0.1) is 0 Å². The molecular formula is C43H64N12O9S3. The first-order valence-electron chi connectivity index (χ1n) is 22.6.